The van der Waals surface area contributed by atoms with Crippen LogP contribution < -0.4 is 10.1 Å². The number of carboxylic acids is 1. The summed E-state index contributed by atoms with van der Waals surface area (Å²) in [5.41, 5.74) is -0.314. The van der Waals surface area contributed by atoms with E-state index in [1.165, 1.54) is 6.92 Å². The Balaban J connectivity index is 1.73. The number of carbonyl (C=O) groups excluding carboxylic acids is 3. The van der Waals surface area contributed by atoms with E-state index in [0.717, 1.165) is 4.90 Å². The Labute approximate surface area is 156 Å². The van der Waals surface area contributed by atoms with E-state index < -0.39 is 45.2 Å². The van der Waals surface area contributed by atoms with E-state index in [1.54, 1.807) is 30.3 Å². The average molecular weight is 392 g/mol. The summed E-state index contributed by atoms with van der Waals surface area (Å²) in [7, 11) is -1.88. The van der Waals surface area contributed by atoms with E-state index >= 15 is 0 Å². The van der Waals surface area contributed by atoms with Gasteiger partial charge in [0.05, 0.1) is 10.8 Å². The normalized spacial score (nSPS) is 26.7. The molecule has 27 heavy (non-hydrogen) atoms. The molecule has 1 saturated heterocycles. The van der Waals surface area contributed by atoms with Crippen molar-refractivity contribution in [2.45, 2.75) is 23.6 Å². The summed E-state index contributed by atoms with van der Waals surface area (Å²) in [5, 5.41) is 9.50. The number of carbonyl (C=O) groups is 4. The maximum atomic E-state index is 12.6. The van der Waals surface area contributed by atoms with E-state index in [4.69, 9.17) is 4.74 Å². The van der Waals surface area contributed by atoms with Crippen molar-refractivity contribution in [3.63, 3.8) is 0 Å². The molecule has 1 fully saturated rings. The molecular weight excluding hydrogens is 376 g/mol. The van der Waals surface area contributed by atoms with Crippen LogP contribution in [0.2, 0.25) is 0 Å². The summed E-state index contributed by atoms with van der Waals surface area (Å²) >= 11 is 0. The molecule has 0 bridgehead atoms. The van der Waals surface area contributed by atoms with Crippen molar-refractivity contribution in [1.82, 2.24) is 10.2 Å². The average Bonchev–Trinajstić information content (AvgIpc) is 2.65. The number of para-hydroxylation sites is 1. The highest BCUT2D eigenvalue weighted by molar-refractivity contribution is 7.87. The van der Waals surface area contributed by atoms with Crippen LogP contribution in [0.1, 0.15) is 6.92 Å². The van der Waals surface area contributed by atoms with Gasteiger partial charge in [0, 0.05) is 0 Å². The molecule has 4 atom stereocenters. The molecule has 2 aliphatic heterocycles. The largest absolute Gasteiger partial charge is 0.484 e. The lowest BCUT2D eigenvalue weighted by atomic mass is 10.0. The van der Waals surface area contributed by atoms with Crippen LogP contribution >= 0.6 is 0 Å². The first-order valence-corrected chi connectivity index (χ1v) is 9.23. The smallest absolute Gasteiger partial charge is 0.352 e. The van der Waals surface area contributed by atoms with Crippen molar-refractivity contribution in [3.8, 4) is 5.75 Å². The topological polar surface area (TPSA) is 130 Å². The van der Waals surface area contributed by atoms with Gasteiger partial charge in [-0.2, -0.15) is 0 Å². The zero-order valence-corrected chi connectivity index (χ0v) is 15.0. The second-order valence-corrected chi connectivity index (χ2v) is 7.62. The minimum Gasteiger partial charge on any atom is -0.484 e. The van der Waals surface area contributed by atoms with E-state index in [0.29, 0.717) is 12.0 Å². The molecule has 1 aromatic carbocycles. The molecule has 0 aliphatic carbocycles. The molecule has 0 radical (unpaired) electrons. The van der Waals surface area contributed by atoms with Crippen molar-refractivity contribution in [2.75, 3.05) is 6.61 Å². The predicted octanol–water partition coefficient (Wildman–Crippen LogP) is -0.593. The van der Waals surface area contributed by atoms with E-state index in [-0.39, 0.29) is 17.9 Å². The lowest BCUT2D eigenvalue weighted by Crippen LogP contribution is -2.74. The Bertz CT molecular complexity index is 867. The van der Waals surface area contributed by atoms with Gasteiger partial charge in [0.1, 0.15) is 34.4 Å². The lowest BCUT2D eigenvalue weighted by Gasteiger charge is -2.49. The highest BCUT2D eigenvalue weighted by Gasteiger charge is 2.59. The fraction of sp³-hybridized carbons (Fsp3) is 0.294. The first-order valence-electron chi connectivity index (χ1n) is 7.95. The van der Waals surface area contributed by atoms with Crippen molar-refractivity contribution in [2.24, 2.45) is 0 Å². The summed E-state index contributed by atoms with van der Waals surface area (Å²) in [5.74, 6) is -2.25. The second-order valence-electron chi connectivity index (χ2n) is 5.97. The number of rotatable bonds is 6. The molecule has 142 valence electrons. The monoisotopic (exact) mass is 392 g/mol. The summed E-state index contributed by atoms with van der Waals surface area (Å²) in [4.78, 5) is 48.0. The molecule has 3 rings (SSSR count). The summed E-state index contributed by atoms with van der Waals surface area (Å²) < 4.78 is 17.9. The number of amides is 2. The Hall–Kier alpha value is -3.01. The van der Waals surface area contributed by atoms with Crippen molar-refractivity contribution in [1.29, 1.82) is 0 Å². The zero-order chi connectivity index (χ0) is 19.7. The van der Waals surface area contributed by atoms with Gasteiger partial charge in [-0.05, 0) is 24.6 Å². The standard InChI is InChI=1S/C17H16N2O7S/c1-9-11(7-20)27(25)16-13(15(22)19(16)14(9)17(23)24)18-12(21)8-26-10-5-3-2-4-6-10/h2-7,11,13,16H,8H2,1H3,(H,18,21)(H,23,24)/t11?,13?,16-,27?/m0/s1. The molecule has 2 aliphatic rings. The number of hydrogen-bond donors (Lipinski definition) is 2. The van der Waals surface area contributed by atoms with Gasteiger partial charge in [-0.15, -0.1) is 0 Å². The number of aldehydes is 1. The van der Waals surface area contributed by atoms with Gasteiger partial charge in [0.25, 0.3) is 11.8 Å². The lowest BCUT2D eigenvalue weighted by molar-refractivity contribution is -0.151. The minimum atomic E-state index is -1.88. The van der Waals surface area contributed by atoms with Crippen molar-refractivity contribution >= 4 is 34.9 Å². The third kappa shape index (κ3) is 3.23. The number of nitrogens with zero attached hydrogens (tertiary/aromatic N) is 1. The molecule has 9 nitrogen and oxygen atoms in total. The molecule has 2 N–H and O–H groups in total. The van der Waals surface area contributed by atoms with Crippen LogP contribution in [-0.2, 0) is 30.0 Å². The number of benzene rings is 1. The van der Waals surface area contributed by atoms with Crippen molar-refractivity contribution < 1.29 is 33.2 Å². The van der Waals surface area contributed by atoms with Gasteiger partial charge >= 0.3 is 5.97 Å². The molecule has 0 spiro atoms. The van der Waals surface area contributed by atoms with Gasteiger partial charge in [-0.3, -0.25) is 18.7 Å². The van der Waals surface area contributed by atoms with Crippen LogP contribution in [0.15, 0.2) is 41.6 Å². The van der Waals surface area contributed by atoms with Crippen LogP contribution in [-0.4, -0.2) is 61.6 Å². The fourth-order valence-corrected chi connectivity index (χ4v) is 4.77. The summed E-state index contributed by atoms with van der Waals surface area (Å²) in [6.07, 6.45) is 0.395. The molecule has 3 unspecified atom stereocenters. The van der Waals surface area contributed by atoms with Gasteiger partial charge in [-0.1, -0.05) is 18.2 Å². The molecule has 2 amide bonds. The Kier molecular flexibility index (Phi) is 5.08. The number of fused-ring (bicyclic) bond motifs is 1. The van der Waals surface area contributed by atoms with Crippen LogP contribution in [0.5, 0.6) is 5.75 Å². The molecule has 2 heterocycles. The number of aliphatic carboxylic acids is 1. The van der Waals surface area contributed by atoms with Gasteiger partial charge in [0.15, 0.2) is 6.61 Å². The summed E-state index contributed by atoms with van der Waals surface area (Å²) in [6.45, 7) is 0.981. The zero-order valence-electron chi connectivity index (χ0n) is 14.2. The quantitative estimate of drug-likeness (QED) is 0.489. The van der Waals surface area contributed by atoms with Crippen LogP contribution in [0, 0.1) is 0 Å². The Morgan fingerprint density at radius 1 is 1.33 bits per heavy atom. The third-order valence-corrected chi connectivity index (χ3v) is 6.25. The van der Waals surface area contributed by atoms with E-state index in [1.807, 2.05) is 0 Å². The van der Waals surface area contributed by atoms with Crippen LogP contribution in [0.4, 0.5) is 0 Å². The first-order chi connectivity index (χ1) is 12.9. The van der Waals surface area contributed by atoms with Gasteiger partial charge in [0.2, 0.25) is 0 Å². The molecule has 10 heteroatoms. The van der Waals surface area contributed by atoms with Crippen molar-refractivity contribution in [3.05, 3.63) is 41.6 Å². The maximum Gasteiger partial charge on any atom is 0.352 e. The highest BCUT2D eigenvalue weighted by Crippen LogP contribution is 2.37. The summed E-state index contributed by atoms with van der Waals surface area (Å²) in [6, 6.07) is 7.37. The fourth-order valence-electron chi connectivity index (χ4n) is 3.03. The number of nitrogens with one attached hydrogen (secondary N) is 1. The number of β-lactam (4-membered cyclic amide) rings is 1. The predicted molar refractivity (Wildman–Crippen MR) is 92.8 cm³/mol. The van der Waals surface area contributed by atoms with Gasteiger partial charge < -0.3 is 20.0 Å². The number of carboxylic acid groups (broad SMARTS) is 1. The highest BCUT2D eigenvalue weighted by atomic mass is 32.2. The molecule has 0 aromatic heterocycles. The van der Waals surface area contributed by atoms with Crippen LogP contribution in [0.25, 0.3) is 0 Å². The SMILES string of the molecule is CC1=C(C(=O)O)N2C(=O)C(NC(=O)COc3ccccc3)[C@@H]2S(=O)C1C=O. The van der Waals surface area contributed by atoms with E-state index in [2.05, 4.69) is 5.32 Å². The van der Waals surface area contributed by atoms with Gasteiger partial charge in [-0.25, -0.2) is 4.79 Å². The van der Waals surface area contributed by atoms with E-state index in [9.17, 15) is 28.5 Å². The maximum absolute atomic E-state index is 12.6. The number of hydrogen-bond acceptors (Lipinski definition) is 6. The molecule has 1 aromatic rings. The van der Waals surface area contributed by atoms with Crippen LogP contribution in [0.3, 0.4) is 0 Å². The number of ether oxygens (including phenoxy) is 1. The third-order valence-electron chi connectivity index (χ3n) is 4.33. The molecular formula is C17H16N2O7S. The second kappa shape index (κ2) is 7.31. The Morgan fingerprint density at radius 3 is 2.59 bits per heavy atom. The molecule has 0 saturated carbocycles. The Morgan fingerprint density at radius 2 is 2.00 bits per heavy atom. The first kappa shape index (κ1) is 18.8. The minimum absolute atomic E-state index is 0.0534.